The number of para-hydroxylation sites is 1. The molecule has 20 heavy (non-hydrogen) atoms. The van der Waals surface area contributed by atoms with Gasteiger partial charge in [0, 0.05) is 0 Å². The summed E-state index contributed by atoms with van der Waals surface area (Å²) in [5.74, 6) is 1.21. The fraction of sp³-hybridized carbons (Fsp3) is 0.562. The second kappa shape index (κ2) is 6.10. The highest BCUT2D eigenvalue weighted by atomic mass is 32.1. The number of hydrogen-bond donors (Lipinski definition) is 2. The van der Waals surface area contributed by atoms with Gasteiger partial charge in [0.15, 0.2) is 5.11 Å². The Kier molecular flexibility index (Phi) is 4.66. The van der Waals surface area contributed by atoms with Crippen LogP contribution in [-0.4, -0.2) is 10.8 Å². The lowest BCUT2D eigenvalue weighted by Gasteiger charge is -2.33. The molecule has 0 amide bonds. The molecular weight excluding hydrogens is 266 g/mol. The summed E-state index contributed by atoms with van der Waals surface area (Å²) in [5.41, 5.74) is 4.57. The number of nitrogens with one attached hydrogen (secondary N) is 2. The molecule has 1 saturated heterocycles. The van der Waals surface area contributed by atoms with Crippen molar-refractivity contribution in [3.05, 3.63) is 30.3 Å². The Morgan fingerprint density at radius 2 is 1.60 bits per heavy atom. The first-order valence-corrected chi connectivity index (χ1v) is 7.78. The zero-order chi connectivity index (χ0) is 14.8. The van der Waals surface area contributed by atoms with Crippen LogP contribution in [0.15, 0.2) is 30.3 Å². The fourth-order valence-corrected chi connectivity index (χ4v) is 3.33. The van der Waals surface area contributed by atoms with E-state index in [0.717, 1.165) is 23.6 Å². The minimum absolute atomic E-state index is 0.130. The lowest BCUT2D eigenvalue weighted by atomic mass is 9.90. The Morgan fingerprint density at radius 1 is 1.05 bits per heavy atom. The van der Waals surface area contributed by atoms with Crippen LogP contribution in [0.1, 0.15) is 40.5 Å². The lowest BCUT2D eigenvalue weighted by Crippen LogP contribution is -2.53. The summed E-state index contributed by atoms with van der Waals surface area (Å²) >= 11 is 5.53. The van der Waals surface area contributed by atoms with E-state index >= 15 is 0 Å². The lowest BCUT2D eigenvalue weighted by molar-refractivity contribution is 0.229. The molecule has 1 fully saturated rings. The van der Waals surface area contributed by atoms with Crippen molar-refractivity contribution in [1.29, 1.82) is 0 Å². The van der Waals surface area contributed by atoms with Crippen molar-refractivity contribution in [1.82, 2.24) is 10.7 Å². The minimum Gasteiger partial charge on any atom is -0.342 e. The molecule has 0 aromatic heterocycles. The van der Waals surface area contributed by atoms with Gasteiger partial charge in [-0.15, -0.1) is 0 Å². The number of thiocarbonyl (C=S) groups is 1. The van der Waals surface area contributed by atoms with Gasteiger partial charge in [-0.1, -0.05) is 45.9 Å². The number of rotatable bonds is 5. The molecule has 4 heteroatoms. The molecule has 3 nitrogen and oxygen atoms in total. The predicted molar refractivity (Wildman–Crippen MR) is 89.4 cm³/mol. The first-order chi connectivity index (χ1) is 9.42. The molecule has 0 aliphatic carbocycles. The van der Waals surface area contributed by atoms with Crippen molar-refractivity contribution in [3.63, 3.8) is 0 Å². The van der Waals surface area contributed by atoms with E-state index in [0.29, 0.717) is 11.8 Å². The fourth-order valence-electron chi connectivity index (χ4n) is 2.98. The van der Waals surface area contributed by atoms with E-state index in [1.54, 1.807) is 0 Å². The van der Waals surface area contributed by atoms with Crippen LogP contribution in [0.3, 0.4) is 0 Å². The summed E-state index contributed by atoms with van der Waals surface area (Å²) in [6.07, 6.45) is 2.10. The topological polar surface area (TPSA) is 27.3 Å². The van der Waals surface area contributed by atoms with E-state index in [1.807, 2.05) is 23.2 Å². The van der Waals surface area contributed by atoms with E-state index in [2.05, 4.69) is 50.6 Å². The Bertz CT molecular complexity index is 446. The van der Waals surface area contributed by atoms with Gasteiger partial charge in [0.2, 0.25) is 0 Å². The molecule has 0 saturated carbocycles. The Balaban J connectivity index is 2.22. The molecule has 0 atom stereocenters. The van der Waals surface area contributed by atoms with Crippen LogP contribution >= 0.6 is 12.2 Å². The molecule has 0 unspecified atom stereocenters. The minimum atomic E-state index is -0.130. The number of anilines is 1. The summed E-state index contributed by atoms with van der Waals surface area (Å²) < 4.78 is 0. The zero-order valence-electron chi connectivity index (χ0n) is 12.8. The molecular formula is C16H25N3S. The molecule has 2 rings (SSSR count). The normalized spacial score (nSPS) is 17.9. The number of nitrogens with zero attached hydrogens (tertiary/aromatic N) is 1. The smallest absolute Gasteiger partial charge is 0.189 e. The van der Waals surface area contributed by atoms with Gasteiger partial charge in [0.1, 0.15) is 5.66 Å². The molecule has 0 bridgehead atoms. The molecule has 0 spiro atoms. The van der Waals surface area contributed by atoms with Gasteiger partial charge in [-0.2, -0.15) is 0 Å². The maximum absolute atomic E-state index is 5.53. The monoisotopic (exact) mass is 291 g/mol. The second-order valence-corrected chi connectivity index (χ2v) is 6.88. The summed E-state index contributed by atoms with van der Waals surface area (Å²) in [7, 11) is 0. The van der Waals surface area contributed by atoms with Crippen molar-refractivity contribution in [2.75, 3.05) is 5.01 Å². The maximum Gasteiger partial charge on any atom is 0.189 e. The van der Waals surface area contributed by atoms with Crippen LogP contribution in [0.4, 0.5) is 5.69 Å². The predicted octanol–water partition coefficient (Wildman–Crippen LogP) is 3.67. The molecule has 1 aliphatic rings. The van der Waals surface area contributed by atoms with Crippen LogP contribution in [0.2, 0.25) is 0 Å². The molecule has 0 radical (unpaired) electrons. The van der Waals surface area contributed by atoms with E-state index in [9.17, 15) is 0 Å². The molecule has 1 aromatic carbocycles. The highest BCUT2D eigenvalue weighted by Gasteiger charge is 2.41. The summed E-state index contributed by atoms with van der Waals surface area (Å²) in [6, 6.07) is 10.2. The highest BCUT2D eigenvalue weighted by Crippen LogP contribution is 2.29. The van der Waals surface area contributed by atoms with Gasteiger partial charge in [-0.05, 0) is 49.0 Å². The van der Waals surface area contributed by atoms with E-state index in [-0.39, 0.29) is 5.66 Å². The summed E-state index contributed by atoms with van der Waals surface area (Å²) in [6.45, 7) is 9.00. The van der Waals surface area contributed by atoms with E-state index in [4.69, 9.17) is 12.2 Å². The first kappa shape index (κ1) is 15.3. The maximum atomic E-state index is 5.53. The molecule has 1 heterocycles. The number of hydrogen-bond acceptors (Lipinski definition) is 2. The molecule has 1 aliphatic heterocycles. The van der Waals surface area contributed by atoms with Crippen molar-refractivity contribution in [3.8, 4) is 0 Å². The van der Waals surface area contributed by atoms with Crippen molar-refractivity contribution < 1.29 is 0 Å². The van der Waals surface area contributed by atoms with E-state index < -0.39 is 0 Å². The largest absolute Gasteiger partial charge is 0.342 e. The van der Waals surface area contributed by atoms with E-state index in [1.165, 1.54) is 0 Å². The van der Waals surface area contributed by atoms with Crippen LogP contribution in [0.25, 0.3) is 0 Å². The molecule has 2 N–H and O–H groups in total. The van der Waals surface area contributed by atoms with Crippen LogP contribution in [-0.2, 0) is 0 Å². The summed E-state index contributed by atoms with van der Waals surface area (Å²) in [4.78, 5) is 0. The molecule has 1 aromatic rings. The molecule has 110 valence electrons. The quantitative estimate of drug-likeness (QED) is 0.809. The SMILES string of the molecule is CC(C)CC1(CC(C)C)NC(=S)N(c2ccccc2)N1. The number of benzene rings is 1. The van der Waals surface area contributed by atoms with Gasteiger partial charge >= 0.3 is 0 Å². The van der Waals surface area contributed by atoms with Gasteiger partial charge in [-0.25, -0.2) is 5.43 Å². The Hall–Kier alpha value is -1.13. The average Bonchev–Trinajstić information content (AvgIpc) is 2.65. The van der Waals surface area contributed by atoms with Gasteiger partial charge in [-0.3, -0.25) is 5.01 Å². The Labute approximate surface area is 127 Å². The second-order valence-electron chi connectivity index (χ2n) is 6.49. The number of hydrazine groups is 1. The third kappa shape index (κ3) is 3.49. The van der Waals surface area contributed by atoms with Crippen LogP contribution < -0.4 is 15.8 Å². The van der Waals surface area contributed by atoms with Gasteiger partial charge in [0.05, 0.1) is 5.69 Å². The van der Waals surface area contributed by atoms with Gasteiger partial charge in [0.25, 0.3) is 0 Å². The third-order valence-corrected chi connectivity index (χ3v) is 3.69. The van der Waals surface area contributed by atoms with Crippen molar-refractivity contribution >= 4 is 23.0 Å². The Morgan fingerprint density at radius 3 is 2.10 bits per heavy atom. The summed E-state index contributed by atoms with van der Waals surface area (Å²) in [5, 5.41) is 6.29. The van der Waals surface area contributed by atoms with Crippen LogP contribution in [0, 0.1) is 11.8 Å². The zero-order valence-corrected chi connectivity index (χ0v) is 13.6. The van der Waals surface area contributed by atoms with Crippen LogP contribution in [0.5, 0.6) is 0 Å². The third-order valence-electron chi connectivity index (χ3n) is 3.40. The highest BCUT2D eigenvalue weighted by molar-refractivity contribution is 7.80. The van der Waals surface area contributed by atoms with Crippen molar-refractivity contribution in [2.45, 2.75) is 46.2 Å². The standard InChI is InChI=1S/C16H25N3S/c1-12(2)10-16(11-13(3)4)17-15(20)19(18-16)14-8-6-5-7-9-14/h5-9,12-13,18H,10-11H2,1-4H3,(H,17,20). The average molecular weight is 291 g/mol. The van der Waals surface area contributed by atoms with Crippen molar-refractivity contribution in [2.24, 2.45) is 11.8 Å². The first-order valence-electron chi connectivity index (χ1n) is 7.37. The van der Waals surface area contributed by atoms with Gasteiger partial charge < -0.3 is 5.32 Å².